The van der Waals surface area contributed by atoms with E-state index in [1.165, 1.54) is 27.4 Å². The van der Waals surface area contributed by atoms with Crippen LogP contribution in [0.1, 0.15) is 31.9 Å². The molecule has 0 unspecified atom stereocenters. The van der Waals surface area contributed by atoms with Crippen LogP contribution in [0.3, 0.4) is 0 Å². The van der Waals surface area contributed by atoms with E-state index in [4.69, 9.17) is 4.42 Å². The van der Waals surface area contributed by atoms with Crippen LogP contribution in [0.4, 0.5) is 0 Å². The molecule has 0 spiro atoms. The van der Waals surface area contributed by atoms with Crippen molar-refractivity contribution in [2.45, 2.75) is 34.1 Å². The highest BCUT2D eigenvalue weighted by Gasteiger charge is 2.15. The maximum atomic E-state index is 6.22. The van der Waals surface area contributed by atoms with E-state index in [0.717, 1.165) is 30.9 Å². The molecule has 1 aromatic carbocycles. The fraction of sp³-hybridized carbons (Fsp3) is 0.350. The van der Waals surface area contributed by atoms with Gasteiger partial charge in [0.05, 0.1) is 6.07 Å². The fourth-order valence-electron chi connectivity index (χ4n) is 3.24. The van der Waals surface area contributed by atoms with Gasteiger partial charge in [0.1, 0.15) is 24.4 Å². The predicted octanol–water partition coefficient (Wildman–Crippen LogP) is 4.22. The molecule has 2 nitrogen and oxygen atoms in total. The van der Waals surface area contributed by atoms with Gasteiger partial charge in [0.2, 0.25) is 5.36 Å². The Kier molecular flexibility index (Phi) is 4.02. The zero-order chi connectivity index (χ0) is 15.7. The fourth-order valence-corrected chi connectivity index (χ4v) is 3.24. The van der Waals surface area contributed by atoms with E-state index in [-0.39, 0.29) is 0 Å². The molecular formula is C20H24NO+. The Hall–Kier alpha value is -2.09. The average molecular weight is 294 g/mol. The molecule has 2 heteroatoms. The minimum Gasteiger partial charge on any atom is -0.456 e. The molecule has 1 heterocycles. The number of aryl methyl sites for hydroxylation is 2. The molecule has 0 amide bonds. The molecule has 2 aliphatic rings. The normalized spacial score (nSPS) is 11.3. The van der Waals surface area contributed by atoms with Gasteiger partial charge < -0.3 is 4.42 Å². The van der Waals surface area contributed by atoms with Crippen LogP contribution in [0.15, 0.2) is 40.8 Å². The van der Waals surface area contributed by atoms with Gasteiger partial charge in [-0.3, -0.25) is 0 Å². The highest BCUT2D eigenvalue weighted by atomic mass is 16.3. The number of nitrogens with zero attached hydrogens (tertiary/aromatic N) is 1. The lowest BCUT2D eigenvalue weighted by Crippen LogP contribution is -2.29. The van der Waals surface area contributed by atoms with Crippen molar-refractivity contribution >= 4 is 11.0 Å². The lowest BCUT2D eigenvalue weighted by molar-refractivity contribution is 0.603. The van der Waals surface area contributed by atoms with Crippen molar-refractivity contribution in [3.8, 4) is 11.3 Å². The summed E-state index contributed by atoms with van der Waals surface area (Å²) in [4.78, 5) is 0. The first-order valence-corrected chi connectivity index (χ1v) is 8.22. The molecule has 0 atom stereocenters. The molecular weight excluding hydrogens is 270 g/mol. The van der Waals surface area contributed by atoms with E-state index in [9.17, 15) is 0 Å². The number of rotatable bonds is 3. The molecule has 1 aliphatic carbocycles. The molecule has 114 valence electrons. The minimum atomic E-state index is 0.986. The SMILES string of the molecule is CCc1c2ccc(=[N+](CC)CC)cc-2oc2cc(C)ccc12. The van der Waals surface area contributed by atoms with E-state index < -0.39 is 0 Å². The minimum absolute atomic E-state index is 0.986. The first kappa shape index (κ1) is 14.8. The standard InChI is InChI=1S/C20H24NO/c1-5-16-17-10-8-14(4)12-19(17)22-20-13-15(9-11-18(16)20)21(6-2)7-3/h8-13H,5-7H2,1-4H3/q+1. The maximum absolute atomic E-state index is 6.22. The van der Waals surface area contributed by atoms with Crippen molar-refractivity contribution in [1.82, 2.24) is 4.58 Å². The third kappa shape index (κ3) is 2.43. The van der Waals surface area contributed by atoms with E-state index >= 15 is 0 Å². The topological polar surface area (TPSA) is 16.1 Å². The summed E-state index contributed by atoms with van der Waals surface area (Å²) in [6.07, 6.45) is 1.01. The largest absolute Gasteiger partial charge is 0.456 e. The van der Waals surface area contributed by atoms with Gasteiger partial charge in [-0.1, -0.05) is 19.1 Å². The van der Waals surface area contributed by atoms with Gasteiger partial charge in [-0.2, -0.15) is 0 Å². The zero-order valence-corrected chi connectivity index (χ0v) is 13.9. The van der Waals surface area contributed by atoms with Crippen molar-refractivity contribution in [3.05, 3.63) is 52.9 Å². The van der Waals surface area contributed by atoms with Crippen LogP contribution in [-0.2, 0) is 6.42 Å². The van der Waals surface area contributed by atoms with Crippen molar-refractivity contribution in [1.29, 1.82) is 0 Å². The Morgan fingerprint density at radius 3 is 2.41 bits per heavy atom. The summed E-state index contributed by atoms with van der Waals surface area (Å²) in [7, 11) is 0. The van der Waals surface area contributed by atoms with Gasteiger partial charge in [-0.25, -0.2) is 4.58 Å². The second kappa shape index (κ2) is 5.96. The Labute approximate surface area is 132 Å². The molecule has 0 saturated carbocycles. The van der Waals surface area contributed by atoms with Crippen LogP contribution in [0.2, 0.25) is 0 Å². The van der Waals surface area contributed by atoms with Gasteiger partial charge >= 0.3 is 0 Å². The smallest absolute Gasteiger partial charge is 0.203 e. The van der Waals surface area contributed by atoms with E-state index in [1.54, 1.807) is 0 Å². The van der Waals surface area contributed by atoms with Crippen LogP contribution in [0.25, 0.3) is 22.3 Å². The number of fused-ring (bicyclic) bond motifs is 2. The average Bonchev–Trinajstić information content (AvgIpc) is 2.53. The van der Waals surface area contributed by atoms with Gasteiger partial charge in [-0.05, 0) is 50.5 Å². The summed E-state index contributed by atoms with van der Waals surface area (Å²) >= 11 is 0. The molecule has 0 aromatic heterocycles. The Bertz CT molecular complexity index is 851. The summed E-state index contributed by atoms with van der Waals surface area (Å²) < 4.78 is 8.57. The van der Waals surface area contributed by atoms with Crippen LogP contribution in [0, 0.1) is 6.92 Å². The summed E-state index contributed by atoms with van der Waals surface area (Å²) in [6, 6.07) is 13.1. The van der Waals surface area contributed by atoms with Crippen LogP contribution in [0.5, 0.6) is 0 Å². The van der Waals surface area contributed by atoms with E-state index in [2.05, 4.69) is 68.7 Å². The molecule has 0 saturated heterocycles. The highest BCUT2D eigenvalue weighted by molar-refractivity contribution is 5.88. The van der Waals surface area contributed by atoms with Crippen molar-refractivity contribution in [2.24, 2.45) is 0 Å². The second-order valence-electron chi connectivity index (χ2n) is 5.79. The third-order valence-corrected chi connectivity index (χ3v) is 4.45. The number of hydrogen-bond donors (Lipinski definition) is 0. The van der Waals surface area contributed by atoms with Crippen molar-refractivity contribution < 1.29 is 4.42 Å². The lowest BCUT2D eigenvalue weighted by atomic mass is 9.97. The Morgan fingerprint density at radius 1 is 0.955 bits per heavy atom. The quantitative estimate of drug-likeness (QED) is 0.522. The monoisotopic (exact) mass is 294 g/mol. The van der Waals surface area contributed by atoms with Crippen LogP contribution >= 0.6 is 0 Å². The second-order valence-corrected chi connectivity index (χ2v) is 5.79. The molecule has 1 aliphatic heterocycles. The van der Waals surface area contributed by atoms with Crippen LogP contribution in [-0.4, -0.2) is 13.1 Å². The molecule has 22 heavy (non-hydrogen) atoms. The predicted molar refractivity (Wildman–Crippen MR) is 93.3 cm³/mol. The molecule has 0 radical (unpaired) electrons. The highest BCUT2D eigenvalue weighted by Crippen LogP contribution is 2.33. The van der Waals surface area contributed by atoms with E-state index in [0.29, 0.717) is 0 Å². The molecule has 0 bridgehead atoms. The number of benzene rings is 2. The summed E-state index contributed by atoms with van der Waals surface area (Å²) in [5.41, 5.74) is 4.83. The van der Waals surface area contributed by atoms with Gasteiger partial charge in [0.25, 0.3) is 0 Å². The molecule has 0 N–H and O–H groups in total. The van der Waals surface area contributed by atoms with Crippen LogP contribution < -0.4 is 9.93 Å². The molecule has 3 rings (SSSR count). The number of hydrogen-bond acceptors (Lipinski definition) is 1. The Balaban J connectivity index is 2.41. The third-order valence-electron chi connectivity index (χ3n) is 4.45. The summed E-state index contributed by atoms with van der Waals surface area (Å²) in [6.45, 7) is 10.7. The Morgan fingerprint density at radius 2 is 1.73 bits per heavy atom. The van der Waals surface area contributed by atoms with Gasteiger partial charge in [0, 0.05) is 17.0 Å². The zero-order valence-electron chi connectivity index (χ0n) is 13.9. The van der Waals surface area contributed by atoms with E-state index in [1.807, 2.05) is 0 Å². The van der Waals surface area contributed by atoms with Gasteiger partial charge in [-0.15, -0.1) is 0 Å². The van der Waals surface area contributed by atoms with Crippen molar-refractivity contribution in [2.75, 3.05) is 13.1 Å². The first-order chi connectivity index (χ1) is 10.7. The first-order valence-electron chi connectivity index (χ1n) is 8.22. The summed E-state index contributed by atoms with van der Waals surface area (Å²) in [5, 5.41) is 2.46. The van der Waals surface area contributed by atoms with Gasteiger partial charge in [0.15, 0.2) is 0 Å². The van der Waals surface area contributed by atoms with Crippen molar-refractivity contribution in [3.63, 3.8) is 0 Å². The molecule has 0 fully saturated rings. The summed E-state index contributed by atoms with van der Waals surface area (Å²) in [5.74, 6) is 0.986. The molecule has 1 aromatic rings. The lowest BCUT2D eigenvalue weighted by Gasteiger charge is -2.13. The maximum Gasteiger partial charge on any atom is 0.203 e.